The van der Waals surface area contributed by atoms with Gasteiger partial charge in [0.1, 0.15) is 17.1 Å². The van der Waals surface area contributed by atoms with Crippen LogP contribution < -0.4 is 14.8 Å². The van der Waals surface area contributed by atoms with E-state index in [1.165, 1.54) is 42.8 Å². The van der Waals surface area contributed by atoms with E-state index in [1.54, 1.807) is 18.2 Å². The summed E-state index contributed by atoms with van der Waals surface area (Å²) >= 11 is 0. The maximum atomic E-state index is 12.5. The summed E-state index contributed by atoms with van der Waals surface area (Å²) in [5.74, 6) is -0.812. The molecular formula is C21H24N2O7S. The maximum Gasteiger partial charge on any atom is 0.346 e. The predicted molar refractivity (Wildman–Crippen MR) is 113 cm³/mol. The van der Waals surface area contributed by atoms with Crippen LogP contribution in [0.5, 0.6) is 11.5 Å². The highest BCUT2D eigenvalue weighted by atomic mass is 32.2. The van der Waals surface area contributed by atoms with E-state index < -0.39 is 28.5 Å². The molecule has 0 spiro atoms. The lowest BCUT2D eigenvalue weighted by Gasteiger charge is -2.15. The molecule has 2 aromatic carbocycles. The molecule has 1 fully saturated rings. The van der Waals surface area contributed by atoms with Crippen molar-refractivity contribution in [1.82, 2.24) is 4.31 Å². The Bertz CT molecular complexity index is 1020. The zero-order valence-corrected chi connectivity index (χ0v) is 18.1. The van der Waals surface area contributed by atoms with E-state index in [9.17, 15) is 18.0 Å². The number of rotatable bonds is 8. The number of esters is 1. The summed E-state index contributed by atoms with van der Waals surface area (Å²) in [4.78, 5) is 24.7. The number of amides is 1. The van der Waals surface area contributed by atoms with Gasteiger partial charge >= 0.3 is 5.97 Å². The van der Waals surface area contributed by atoms with Gasteiger partial charge in [0.2, 0.25) is 10.0 Å². The summed E-state index contributed by atoms with van der Waals surface area (Å²) in [7, 11) is -0.705. The van der Waals surface area contributed by atoms with Crippen molar-refractivity contribution in [1.29, 1.82) is 0 Å². The highest BCUT2D eigenvalue weighted by Crippen LogP contribution is 2.29. The zero-order valence-electron chi connectivity index (χ0n) is 17.3. The Morgan fingerprint density at radius 2 is 1.55 bits per heavy atom. The summed E-state index contributed by atoms with van der Waals surface area (Å²) in [6.45, 7) is 0.500. The minimum Gasteiger partial charge on any atom is -0.496 e. The van der Waals surface area contributed by atoms with Crippen molar-refractivity contribution in [2.24, 2.45) is 0 Å². The number of nitrogens with zero attached hydrogens (tertiary/aromatic N) is 1. The van der Waals surface area contributed by atoms with Gasteiger partial charge in [0.25, 0.3) is 5.91 Å². The third-order valence-corrected chi connectivity index (χ3v) is 6.72. The van der Waals surface area contributed by atoms with E-state index in [0.717, 1.165) is 12.8 Å². The van der Waals surface area contributed by atoms with Crippen LogP contribution in [0.4, 0.5) is 5.69 Å². The highest BCUT2D eigenvalue weighted by Gasteiger charge is 2.27. The number of ether oxygens (including phenoxy) is 3. The highest BCUT2D eigenvalue weighted by molar-refractivity contribution is 7.89. The number of benzene rings is 2. The molecule has 166 valence electrons. The van der Waals surface area contributed by atoms with Crippen molar-refractivity contribution in [2.45, 2.75) is 17.7 Å². The van der Waals surface area contributed by atoms with Crippen LogP contribution in [-0.4, -0.2) is 58.5 Å². The first-order valence-corrected chi connectivity index (χ1v) is 11.1. The fourth-order valence-electron chi connectivity index (χ4n) is 3.24. The molecule has 1 aliphatic rings. The van der Waals surface area contributed by atoms with E-state index in [1.807, 2.05) is 0 Å². The molecule has 31 heavy (non-hydrogen) atoms. The fourth-order valence-corrected chi connectivity index (χ4v) is 4.76. The molecule has 0 saturated carbocycles. The van der Waals surface area contributed by atoms with Gasteiger partial charge in [-0.2, -0.15) is 4.31 Å². The summed E-state index contributed by atoms with van der Waals surface area (Å²) < 4.78 is 41.9. The van der Waals surface area contributed by atoms with Crippen molar-refractivity contribution in [2.75, 3.05) is 39.2 Å². The number of anilines is 1. The molecular weight excluding hydrogens is 424 g/mol. The largest absolute Gasteiger partial charge is 0.496 e. The van der Waals surface area contributed by atoms with Gasteiger partial charge in [-0.1, -0.05) is 6.07 Å². The molecule has 0 bridgehead atoms. The van der Waals surface area contributed by atoms with Crippen LogP contribution in [-0.2, 0) is 19.6 Å². The number of sulfonamides is 1. The van der Waals surface area contributed by atoms with Crippen molar-refractivity contribution in [3.8, 4) is 11.5 Å². The molecule has 1 aliphatic heterocycles. The van der Waals surface area contributed by atoms with Crippen LogP contribution in [0.15, 0.2) is 47.4 Å². The standard InChI is InChI=1S/C21H24N2O7S/c1-28-17-6-5-7-18(29-2)20(17)21(25)30-14-19(24)22-15-8-10-16(11-9-15)31(26,27)23-12-3-4-13-23/h5-11H,3-4,12-14H2,1-2H3,(H,22,24). The average molecular weight is 448 g/mol. The number of nitrogens with one attached hydrogen (secondary N) is 1. The van der Waals surface area contributed by atoms with Crippen molar-refractivity contribution in [3.05, 3.63) is 48.0 Å². The average Bonchev–Trinajstić information content (AvgIpc) is 3.33. The second kappa shape index (κ2) is 9.80. The van der Waals surface area contributed by atoms with Crippen molar-refractivity contribution >= 4 is 27.6 Å². The number of carbonyl (C=O) groups excluding carboxylic acids is 2. The predicted octanol–water partition coefficient (Wildman–Crippen LogP) is 2.28. The van der Waals surface area contributed by atoms with E-state index in [4.69, 9.17) is 14.2 Å². The fraction of sp³-hybridized carbons (Fsp3) is 0.333. The van der Waals surface area contributed by atoms with Crippen LogP contribution in [0.25, 0.3) is 0 Å². The summed E-state index contributed by atoms with van der Waals surface area (Å²) in [6, 6.07) is 10.7. The summed E-state index contributed by atoms with van der Waals surface area (Å²) in [5, 5.41) is 2.57. The van der Waals surface area contributed by atoms with Crippen LogP contribution in [0.2, 0.25) is 0 Å². The Kier molecular flexibility index (Phi) is 7.13. The monoisotopic (exact) mass is 448 g/mol. The Labute approximate surface area is 181 Å². The molecule has 1 N–H and O–H groups in total. The number of hydrogen-bond donors (Lipinski definition) is 1. The maximum absolute atomic E-state index is 12.5. The lowest BCUT2D eigenvalue weighted by atomic mass is 10.2. The molecule has 0 aromatic heterocycles. The molecule has 2 aromatic rings. The number of methoxy groups -OCH3 is 2. The normalized spacial score (nSPS) is 14.1. The Morgan fingerprint density at radius 1 is 0.968 bits per heavy atom. The molecule has 0 aliphatic carbocycles. The topological polar surface area (TPSA) is 111 Å². The van der Waals surface area contributed by atoms with E-state index in [2.05, 4.69) is 5.32 Å². The summed E-state index contributed by atoms with van der Waals surface area (Å²) in [5.41, 5.74) is 0.466. The molecule has 0 unspecified atom stereocenters. The van der Waals surface area contributed by atoms with E-state index >= 15 is 0 Å². The van der Waals surface area contributed by atoms with Gasteiger partial charge in [0, 0.05) is 18.8 Å². The van der Waals surface area contributed by atoms with Gasteiger partial charge < -0.3 is 19.5 Å². The van der Waals surface area contributed by atoms with Gasteiger partial charge in [-0.25, -0.2) is 13.2 Å². The molecule has 1 saturated heterocycles. The van der Waals surface area contributed by atoms with E-state index in [-0.39, 0.29) is 22.0 Å². The minimum atomic E-state index is -3.52. The van der Waals surface area contributed by atoms with Crippen molar-refractivity contribution in [3.63, 3.8) is 0 Å². The van der Waals surface area contributed by atoms with E-state index in [0.29, 0.717) is 18.8 Å². The third kappa shape index (κ3) is 5.15. The van der Waals surface area contributed by atoms with Crippen molar-refractivity contribution < 1.29 is 32.2 Å². The smallest absolute Gasteiger partial charge is 0.346 e. The Morgan fingerprint density at radius 3 is 2.10 bits per heavy atom. The Hall–Kier alpha value is -3.11. The second-order valence-corrected chi connectivity index (χ2v) is 8.74. The molecule has 10 heteroatoms. The molecule has 1 amide bonds. The zero-order chi connectivity index (χ0) is 22.4. The first kappa shape index (κ1) is 22.6. The minimum absolute atomic E-state index is 0.0803. The first-order valence-electron chi connectivity index (χ1n) is 9.65. The molecule has 0 radical (unpaired) electrons. The van der Waals surface area contributed by atoms with Gasteiger partial charge in [0.05, 0.1) is 19.1 Å². The molecule has 3 rings (SSSR count). The van der Waals surface area contributed by atoms with Gasteiger partial charge in [-0.05, 0) is 49.2 Å². The van der Waals surface area contributed by atoms with Crippen LogP contribution in [0, 0.1) is 0 Å². The second-order valence-electron chi connectivity index (χ2n) is 6.80. The first-order chi connectivity index (χ1) is 14.9. The van der Waals surface area contributed by atoms with Gasteiger partial charge in [0.15, 0.2) is 6.61 Å². The third-order valence-electron chi connectivity index (χ3n) is 4.81. The molecule has 9 nitrogen and oxygen atoms in total. The summed E-state index contributed by atoms with van der Waals surface area (Å²) in [6.07, 6.45) is 1.71. The quantitative estimate of drug-likeness (QED) is 0.617. The lowest BCUT2D eigenvalue weighted by Crippen LogP contribution is -2.27. The van der Waals surface area contributed by atoms with Crippen LogP contribution in [0.3, 0.4) is 0 Å². The Balaban J connectivity index is 1.60. The lowest BCUT2D eigenvalue weighted by molar-refractivity contribution is -0.119. The van der Waals surface area contributed by atoms with Crippen LogP contribution >= 0.6 is 0 Å². The van der Waals surface area contributed by atoms with Gasteiger partial charge in [-0.3, -0.25) is 4.79 Å². The SMILES string of the molecule is COc1cccc(OC)c1C(=O)OCC(=O)Nc1ccc(S(=O)(=O)N2CCCC2)cc1. The van der Waals surface area contributed by atoms with Crippen LogP contribution in [0.1, 0.15) is 23.2 Å². The number of carbonyl (C=O) groups is 2. The molecule has 0 atom stereocenters. The molecule has 1 heterocycles. The number of hydrogen-bond acceptors (Lipinski definition) is 7. The van der Waals surface area contributed by atoms with Gasteiger partial charge in [-0.15, -0.1) is 0 Å².